The topological polar surface area (TPSA) is 47.9 Å². The van der Waals surface area contributed by atoms with Crippen LogP contribution in [0.4, 0.5) is 18.9 Å². The lowest BCUT2D eigenvalue weighted by molar-refractivity contribution is -0.215. The number of aryl methyl sites for hydroxylation is 1. The normalized spacial score (nSPS) is 24.1. The van der Waals surface area contributed by atoms with Crippen LogP contribution in [0.15, 0.2) is 41.4 Å². The Bertz CT molecular complexity index is 739. The summed E-state index contributed by atoms with van der Waals surface area (Å²) in [5, 5.41) is 2.83. The Morgan fingerprint density at radius 2 is 2.00 bits per heavy atom. The molecule has 2 aliphatic rings. The van der Waals surface area contributed by atoms with Gasteiger partial charge in [0.05, 0.1) is 13.1 Å². The number of carbonyl (C=O) groups is 1. The number of nitrogens with zero attached hydrogens (tertiary/aromatic N) is 3. The summed E-state index contributed by atoms with van der Waals surface area (Å²) in [4.78, 5) is 19.4. The summed E-state index contributed by atoms with van der Waals surface area (Å²) in [5.74, 6) is -0.165. The molecule has 0 spiro atoms. The van der Waals surface area contributed by atoms with E-state index < -0.39 is 11.7 Å². The lowest BCUT2D eigenvalue weighted by Crippen LogP contribution is -2.65. The molecule has 1 aromatic carbocycles. The highest BCUT2D eigenvalue weighted by molar-refractivity contribution is 5.92. The predicted octanol–water partition coefficient (Wildman–Crippen LogP) is 2.49. The number of dihydropyridines is 1. The molecule has 1 fully saturated rings. The van der Waals surface area contributed by atoms with Gasteiger partial charge in [0, 0.05) is 38.1 Å². The highest BCUT2D eigenvalue weighted by atomic mass is 19.4. The van der Waals surface area contributed by atoms with Crippen molar-refractivity contribution in [3.63, 3.8) is 0 Å². The number of nitrogens with one attached hydrogen (secondary N) is 1. The molecule has 0 radical (unpaired) electrons. The molecule has 2 heterocycles. The molecule has 1 amide bonds. The maximum absolute atomic E-state index is 13.7. The second-order valence-electron chi connectivity index (χ2n) is 6.95. The van der Waals surface area contributed by atoms with Crippen molar-refractivity contribution < 1.29 is 18.0 Å². The molecule has 5 nitrogen and oxygen atoms in total. The first kappa shape index (κ1) is 19.6. The molecule has 0 aliphatic carbocycles. The van der Waals surface area contributed by atoms with Crippen molar-refractivity contribution in [2.24, 2.45) is 4.99 Å². The van der Waals surface area contributed by atoms with E-state index in [1.54, 1.807) is 0 Å². The molecule has 1 saturated heterocycles. The third-order valence-corrected chi connectivity index (χ3v) is 4.99. The average molecular weight is 380 g/mol. The van der Waals surface area contributed by atoms with E-state index in [9.17, 15) is 18.0 Å². The Morgan fingerprint density at radius 3 is 2.59 bits per heavy atom. The third-order valence-electron chi connectivity index (χ3n) is 4.99. The van der Waals surface area contributed by atoms with Crippen molar-refractivity contribution in [2.75, 3.05) is 44.6 Å². The number of benzene rings is 1. The molecule has 1 aromatic rings. The van der Waals surface area contributed by atoms with Crippen LogP contribution < -0.4 is 5.32 Å². The summed E-state index contributed by atoms with van der Waals surface area (Å²) in [6.45, 7) is 3.05. The highest BCUT2D eigenvalue weighted by Gasteiger charge is 2.57. The minimum Gasteiger partial charge on any atom is -0.325 e. The zero-order valence-corrected chi connectivity index (χ0v) is 15.2. The monoisotopic (exact) mass is 380 g/mol. The largest absolute Gasteiger partial charge is 0.412 e. The molecule has 3 rings (SSSR count). The molecule has 0 aromatic heterocycles. The lowest BCUT2D eigenvalue weighted by Gasteiger charge is -2.46. The SMILES string of the molecule is Cc1cccc(NC(=O)CN2CCN(C3(C(F)(F)F)C=CC=NC3)CC2)c1. The number of carbonyl (C=O) groups excluding carboxylic acids is 1. The number of hydrogen-bond donors (Lipinski definition) is 1. The summed E-state index contributed by atoms with van der Waals surface area (Å²) in [6.07, 6.45) is -0.444. The van der Waals surface area contributed by atoms with Gasteiger partial charge in [-0.05, 0) is 30.7 Å². The van der Waals surface area contributed by atoms with Gasteiger partial charge in [0.15, 0.2) is 5.54 Å². The van der Waals surface area contributed by atoms with Crippen LogP contribution in [0.25, 0.3) is 0 Å². The van der Waals surface area contributed by atoms with Gasteiger partial charge in [0.25, 0.3) is 0 Å². The van der Waals surface area contributed by atoms with Crippen LogP contribution in [-0.4, -0.2) is 72.9 Å². The summed E-state index contributed by atoms with van der Waals surface area (Å²) in [6, 6.07) is 7.49. The van der Waals surface area contributed by atoms with Crippen molar-refractivity contribution in [3.8, 4) is 0 Å². The molecule has 1 atom stereocenters. The van der Waals surface area contributed by atoms with Gasteiger partial charge in [0.2, 0.25) is 5.91 Å². The number of alkyl halides is 3. The number of amides is 1. The Balaban J connectivity index is 1.56. The number of anilines is 1. The zero-order valence-electron chi connectivity index (χ0n) is 15.2. The van der Waals surface area contributed by atoms with E-state index >= 15 is 0 Å². The first-order valence-corrected chi connectivity index (χ1v) is 8.88. The Labute approximate surface area is 156 Å². The van der Waals surface area contributed by atoms with Crippen molar-refractivity contribution in [1.29, 1.82) is 0 Å². The van der Waals surface area contributed by atoms with Gasteiger partial charge in [-0.2, -0.15) is 13.2 Å². The Hall–Kier alpha value is -2.19. The second-order valence-corrected chi connectivity index (χ2v) is 6.95. The first-order chi connectivity index (χ1) is 12.8. The molecule has 0 saturated carbocycles. The van der Waals surface area contributed by atoms with Gasteiger partial charge in [-0.25, -0.2) is 0 Å². The van der Waals surface area contributed by atoms with Gasteiger partial charge < -0.3 is 5.32 Å². The van der Waals surface area contributed by atoms with Crippen LogP contribution >= 0.6 is 0 Å². The molecule has 1 N–H and O–H groups in total. The van der Waals surface area contributed by atoms with E-state index in [0.29, 0.717) is 13.1 Å². The fourth-order valence-electron chi connectivity index (χ4n) is 3.51. The molecule has 0 bridgehead atoms. The van der Waals surface area contributed by atoms with E-state index in [-0.39, 0.29) is 32.1 Å². The van der Waals surface area contributed by atoms with Crippen molar-refractivity contribution in [2.45, 2.75) is 18.6 Å². The molecule has 2 aliphatic heterocycles. The average Bonchev–Trinajstić information content (AvgIpc) is 2.62. The quantitative estimate of drug-likeness (QED) is 0.873. The van der Waals surface area contributed by atoms with E-state index in [4.69, 9.17) is 0 Å². The van der Waals surface area contributed by atoms with E-state index in [0.717, 1.165) is 11.3 Å². The van der Waals surface area contributed by atoms with E-state index in [1.165, 1.54) is 23.3 Å². The van der Waals surface area contributed by atoms with Gasteiger partial charge in [0.1, 0.15) is 0 Å². The number of piperazine rings is 1. The summed E-state index contributed by atoms with van der Waals surface area (Å²) in [7, 11) is 0. The van der Waals surface area contributed by atoms with Crippen LogP contribution in [-0.2, 0) is 4.79 Å². The highest BCUT2D eigenvalue weighted by Crippen LogP contribution is 2.38. The van der Waals surface area contributed by atoms with E-state index in [1.807, 2.05) is 36.1 Å². The van der Waals surface area contributed by atoms with Crippen LogP contribution in [0, 0.1) is 6.92 Å². The van der Waals surface area contributed by atoms with Gasteiger partial charge >= 0.3 is 6.18 Å². The first-order valence-electron chi connectivity index (χ1n) is 8.88. The predicted molar refractivity (Wildman–Crippen MR) is 99.1 cm³/mol. The fourth-order valence-corrected chi connectivity index (χ4v) is 3.51. The third kappa shape index (κ3) is 4.39. The molecule has 8 heteroatoms. The van der Waals surface area contributed by atoms with Gasteiger partial charge in [-0.3, -0.25) is 19.6 Å². The van der Waals surface area contributed by atoms with Crippen LogP contribution in [0.5, 0.6) is 0 Å². The number of hydrogen-bond acceptors (Lipinski definition) is 4. The smallest absolute Gasteiger partial charge is 0.325 e. The lowest BCUT2D eigenvalue weighted by atomic mass is 9.93. The van der Waals surface area contributed by atoms with Crippen LogP contribution in [0.2, 0.25) is 0 Å². The maximum atomic E-state index is 13.7. The molecule has 1 unspecified atom stereocenters. The zero-order chi connectivity index (χ0) is 19.5. The number of aliphatic imine (C=N–C) groups is 1. The Kier molecular flexibility index (Phi) is 5.67. The van der Waals surface area contributed by atoms with Gasteiger partial charge in [-0.15, -0.1) is 0 Å². The molecule has 27 heavy (non-hydrogen) atoms. The van der Waals surface area contributed by atoms with E-state index in [2.05, 4.69) is 10.3 Å². The van der Waals surface area contributed by atoms with Crippen LogP contribution in [0.1, 0.15) is 5.56 Å². The number of halogens is 3. The van der Waals surface area contributed by atoms with Crippen molar-refractivity contribution >= 4 is 17.8 Å². The minimum atomic E-state index is -4.40. The van der Waals surface area contributed by atoms with Crippen molar-refractivity contribution in [3.05, 3.63) is 42.0 Å². The fraction of sp³-hybridized carbons (Fsp3) is 0.474. The Morgan fingerprint density at radius 1 is 1.26 bits per heavy atom. The number of rotatable bonds is 4. The summed E-state index contributed by atoms with van der Waals surface area (Å²) in [5.41, 5.74) is -0.278. The standard InChI is InChI=1S/C19H23F3N4O/c1-15-4-2-5-16(12-15)24-17(27)13-25-8-10-26(11-9-25)18(19(20,21)22)6-3-7-23-14-18/h2-7,12H,8-11,13-14H2,1H3,(H,24,27). The van der Waals surface area contributed by atoms with Crippen LogP contribution in [0.3, 0.4) is 0 Å². The summed E-state index contributed by atoms with van der Waals surface area (Å²) >= 11 is 0. The van der Waals surface area contributed by atoms with Gasteiger partial charge in [-0.1, -0.05) is 18.2 Å². The second kappa shape index (κ2) is 7.82. The summed E-state index contributed by atoms with van der Waals surface area (Å²) < 4.78 is 41.2. The minimum absolute atomic E-state index is 0.161. The maximum Gasteiger partial charge on any atom is 0.412 e. The molecular weight excluding hydrogens is 357 g/mol. The molecule has 146 valence electrons. The number of allylic oxidation sites excluding steroid dienone is 1. The molecular formula is C19H23F3N4O. The van der Waals surface area contributed by atoms with Crippen molar-refractivity contribution in [1.82, 2.24) is 9.80 Å².